The average Bonchev–Trinajstić information content (AvgIpc) is 3.78. The van der Waals surface area contributed by atoms with Crippen molar-refractivity contribution in [3.63, 3.8) is 0 Å². The van der Waals surface area contributed by atoms with Crippen molar-refractivity contribution in [2.45, 2.75) is 49.0 Å². The molecule has 0 atom stereocenters. The second-order valence-electron chi connectivity index (χ2n) is 10.5. The summed E-state index contributed by atoms with van der Waals surface area (Å²) in [6.07, 6.45) is 8.93. The SMILES string of the molecule is N#CC1(C(=N)SC(=N)c2ncc3c(N4CCC5(CC4)COC5)cc(SNC4(CF)CC4)cn23)CC1. The van der Waals surface area contributed by atoms with Crippen molar-refractivity contribution in [2.24, 2.45) is 10.8 Å². The fourth-order valence-corrected chi connectivity index (χ4v) is 6.59. The number of thioether (sulfide) groups is 1. The van der Waals surface area contributed by atoms with Crippen LogP contribution in [0.1, 0.15) is 44.3 Å². The molecule has 2 saturated heterocycles. The third kappa shape index (κ3) is 4.14. The van der Waals surface area contributed by atoms with Crippen LogP contribution in [0.25, 0.3) is 5.52 Å². The number of nitriles is 1. The third-order valence-corrected chi connectivity index (χ3v) is 9.85. The Morgan fingerprint density at radius 1 is 1.20 bits per heavy atom. The highest BCUT2D eigenvalue weighted by molar-refractivity contribution is 8.26. The van der Waals surface area contributed by atoms with Crippen LogP contribution in [0.4, 0.5) is 10.1 Å². The van der Waals surface area contributed by atoms with Gasteiger partial charge in [-0.05, 0) is 56.5 Å². The highest BCUT2D eigenvalue weighted by Gasteiger charge is 2.48. The zero-order chi connectivity index (χ0) is 24.3. The Hall–Kier alpha value is -2.13. The number of hydrogen-bond acceptors (Lipinski definition) is 9. The topological polar surface area (TPSA) is 113 Å². The molecule has 3 N–H and O–H groups in total. The number of hydrogen-bond donors (Lipinski definition) is 3. The van der Waals surface area contributed by atoms with E-state index in [1.54, 1.807) is 6.20 Å². The first-order chi connectivity index (χ1) is 16.9. The normalized spacial score (nSPS) is 23.0. The summed E-state index contributed by atoms with van der Waals surface area (Å²) in [5, 5.41) is 26.8. The molecule has 2 aliphatic carbocycles. The maximum absolute atomic E-state index is 13.5. The molecule has 4 heterocycles. The summed E-state index contributed by atoms with van der Waals surface area (Å²) in [7, 11) is 0. The summed E-state index contributed by atoms with van der Waals surface area (Å²) in [5.74, 6) is 0.458. The van der Waals surface area contributed by atoms with Crippen molar-refractivity contribution < 1.29 is 9.13 Å². The van der Waals surface area contributed by atoms with Gasteiger partial charge in [0, 0.05) is 29.6 Å². The molecule has 11 heteroatoms. The molecular formula is C24H28FN7OS2. The molecule has 2 aliphatic heterocycles. The predicted molar refractivity (Wildman–Crippen MR) is 136 cm³/mol. The van der Waals surface area contributed by atoms with E-state index < -0.39 is 11.0 Å². The second kappa shape index (κ2) is 8.47. The minimum atomic E-state index is -0.722. The maximum Gasteiger partial charge on any atom is 0.169 e. The van der Waals surface area contributed by atoms with E-state index in [2.05, 4.69) is 26.7 Å². The standard InChI is InChI=1S/C24H28FN7OS2/c25-12-24(3-4-24)30-35-16-9-17(31-7-5-22(6-8-31)14-33-15-22)18-10-29-20(32(18)11-16)19(27)34-21(28)23(13-26)1-2-23/h9-11,27-28,30H,1-8,12,14-15H2. The van der Waals surface area contributed by atoms with Gasteiger partial charge in [-0.15, -0.1) is 0 Å². The summed E-state index contributed by atoms with van der Waals surface area (Å²) in [5.41, 5.74) is 1.14. The van der Waals surface area contributed by atoms with Gasteiger partial charge in [-0.2, -0.15) is 5.26 Å². The number of ether oxygens (including phenoxy) is 1. The van der Waals surface area contributed by atoms with Crippen LogP contribution in [0.2, 0.25) is 0 Å². The molecule has 1 spiro atoms. The highest BCUT2D eigenvalue weighted by Crippen LogP contribution is 2.49. The Morgan fingerprint density at radius 3 is 2.51 bits per heavy atom. The number of pyridine rings is 1. The molecule has 0 radical (unpaired) electrons. The first-order valence-electron chi connectivity index (χ1n) is 12.0. The fraction of sp³-hybridized carbons (Fsp3) is 0.583. The van der Waals surface area contributed by atoms with Crippen LogP contribution in [0.5, 0.6) is 0 Å². The first-order valence-corrected chi connectivity index (χ1v) is 13.6. The minimum Gasteiger partial charge on any atom is -0.380 e. The maximum atomic E-state index is 13.5. The van der Waals surface area contributed by atoms with Gasteiger partial charge < -0.3 is 9.64 Å². The van der Waals surface area contributed by atoms with E-state index in [1.807, 2.05) is 10.6 Å². The first kappa shape index (κ1) is 23.3. The lowest BCUT2D eigenvalue weighted by Crippen LogP contribution is -2.51. The molecule has 2 aromatic heterocycles. The number of rotatable bonds is 7. The molecule has 4 aliphatic rings. The molecule has 0 bridgehead atoms. The molecule has 4 fully saturated rings. The van der Waals surface area contributed by atoms with Gasteiger partial charge in [-0.25, -0.2) is 9.37 Å². The summed E-state index contributed by atoms with van der Waals surface area (Å²) in [4.78, 5) is 7.88. The number of fused-ring (bicyclic) bond motifs is 1. The Bertz CT molecular complexity index is 1230. The average molecular weight is 514 g/mol. The van der Waals surface area contributed by atoms with Crippen LogP contribution in [0, 0.1) is 33.0 Å². The van der Waals surface area contributed by atoms with Gasteiger partial charge >= 0.3 is 0 Å². The Labute approximate surface area is 212 Å². The van der Waals surface area contributed by atoms with Gasteiger partial charge in [0.15, 0.2) is 5.82 Å². The molecule has 35 heavy (non-hydrogen) atoms. The second-order valence-corrected chi connectivity index (χ2v) is 12.4. The van der Waals surface area contributed by atoms with E-state index in [0.29, 0.717) is 24.1 Å². The molecule has 6 rings (SSSR count). The van der Waals surface area contributed by atoms with E-state index >= 15 is 0 Å². The number of nitrogens with zero attached hydrogens (tertiary/aromatic N) is 4. The van der Waals surface area contributed by atoms with Crippen molar-refractivity contribution in [2.75, 3.05) is 37.9 Å². The number of piperidine rings is 1. The van der Waals surface area contributed by atoms with E-state index in [4.69, 9.17) is 15.6 Å². The lowest BCUT2D eigenvalue weighted by molar-refractivity contribution is -0.124. The molecule has 184 valence electrons. The number of nitrogens with one attached hydrogen (secondary N) is 3. The van der Waals surface area contributed by atoms with Crippen LogP contribution in [0.3, 0.4) is 0 Å². The van der Waals surface area contributed by atoms with Crippen LogP contribution >= 0.6 is 23.7 Å². The lowest BCUT2D eigenvalue weighted by Gasteiger charge is -2.48. The molecule has 2 saturated carbocycles. The number of alkyl halides is 1. The molecule has 0 unspecified atom stereocenters. The Kier molecular flexibility index (Phi) is 5.64. The zero-order valence-electron chi connectivity index (χ0n) is 19.4. The van der Waals surface area contributed by atoms with E-state index in [-0.39, 0.29) is 16.8 Å². The van der Waals surface area contributed by atoms with Crippen molar-refractivity contribution in [3.8, 4) is 6.07 Å². The predicted octanol–water partition coefficient (Wildman–Crippen LogP) is 4.39. The van der Waals surface area contributed by atoms with Crippen molar-refractivity contribution in [1.82, 2.24) is 14.1 Å². The summed E-state index contributed by atoms with van der Waals surface area (Å²) < 4.78 is 24.2. The van der Waals surface area contributed by atoms with Crippen molar-refractivity contribution in [1.29, 1.82) is 16.1 Å². The van der Waals surface area contributed by atoms with Gasteiger partial charge in [-0.1, -0.05) is 11.8 Å². The van der Waals surface area contributed by atoms with Crippen LogP contribution in [0.15, 0.2) is 23.4 Å². The summed E-state index contributed by atoms with van der Waals surface area (Å²) in [6, 6.07) is 4.37. The molecule has 0 aromatic carbocycles. The molecule has 0 amide bonds. The van der Waals surface area contributed by atoms with Crippen LogP contribution < -0.4 is 9.62 Å². The van der Waals surface area contributed by atoms with E-state index in [1.165, 1.54) is 11.9 Å². The quantitative estimate of drug-likeness (QED) is 0.286. The third-order valence-electron chi connectivity index (χ3n) is 7.88. The molecule has 2 aromatic rings. The number of aromatic nitrogens is 2. The van der Waals surface area contributed by atoms with Crippen molar-refractivity contribution in [3.05, 3.63) is 24.3 Å². The Balaban J connectivity index is 1.30. The summed E-state index contributed by atoms with van der Waals surface area (Å²) >= 11 is 2.45. The molecule has 8 nitrogen and oxygen atoms in total. The van der Waals surface area contributed by atoms with Gasteiger partial charge in [0.25, 0.3) is 0 Å². The fourth-order valence-electron chi connectivity index (χ4n) is 4.77. The monoisotopic (exact) mass is 513 g/mol. The van der Waals surface area contributed by atoms with E-state index in [0.717, 1.165) is 79.8 Å². The minimum absolute atomic E-state index is 0.157. The summed E-state index contributed by atoms with van der Waals surface area (Å²) in [6.45, 7) is 3.17. The largest absolute Gasteiger partial charge is 0.380 e. The Morgan fingerprint density at radius 2 is 1.94 bits per heavy atom. The smallest absolute Gasteiger partial charge is 0.169 e. The van der Waals surface area contributed by atoms with Gasteiger partial charge in [0.1, 0.15) is 17.1 Å². The number of imidazole rings is 1. The van der Waals surface area contributed by atoms with Gasteiger partial charge in [-0.3, -0.25) is 19.9 Å². The zero-order valence-corrected chi connectivity index (χ0v) is 21.0. The van der Waals surface area contributed by atoms with E-state index in [9.17, 15) is 9.65 Å². The molecular weight excluding hydrogens is 485 g/mol. The lowest BCUT2D eigenvalue weighted by atomic mass is 9.77. The number of anilines is 1. The van der Waals surface area contributed by atoms with Crippen molar-refractivity contribution >= 4 is 45.0 Å². The number of halogens is 1. The van der Waals surface area contributed by atoms with Gasteiger partial charge in [0.2, 0.25) is 0 Å². The van der Waals surface area contributed by atoms with Gasteiger partial charge in [0.05, 0.1) is 47.3 Å². The highest BCUT2D eigenvalue weighted by atomic mass is 32.2. The van der Waals surface area contributed by atoms with Crippen LogP contribution in [-0.4, -0.2) is 58.0 Å². The van der Waals surface area contributed by atoms with Crippen LogP contribution in [-0.2, 0) is 4.74 Å².